The molecule has 7 heteroatoms. The van der Waals surface area contributed by atoms with Crippen LogP contribution in [-0.2, 0) is 22.3 Å². The van der Waals surface area contributed by atoms with Crippen molar-refractivity contribution in [3.8, 4) is 0 Å². The van der Waals surface area contributed by atoms with Crippen LogP contribution in [0.3, 0.4) is 0 Å². The quantitative estimate of drug-likeness (QED) is 0.600. The third kappa shape index (κ3) is 5.26. The third-order valence-corrected chi connectivity index (χ3v) is 4.41. The number of benzene rings is 3. The van der Waals surface area contributed by atoms with Crippen molar-refractivity contribution in [1.82, 2.24) is 10.6 Å². The van der Waals surface area contributed by atoms with Crippen LogP contribution < -0.4 is 10.6 Å². The topological polar surface area (TPSA) is 58.2 Å². The Hall–Kier alpha value is -3.61. The zero-order chi connectivity index (χ0) is 21.7. The fourth-order valence-electron chi connectivity index (χ4n) is 2.97. The molecule has 2 amide bonds. The molecule has 0 atom stereocenters. The largest absolute Gasteiger partial charge is 0.416 e. The first-order valence-corrected chi connectivity index (χ1v) is 9.15. The molecule has 0 bridgehead atoms. The van der Waals surface area contributed by atoms with Crippen molar-refractivity contribution < 1.29 is 22.8 Å². The molecule has 3 rings (SSSR count). The maximum atomic E-state index is 12.7. The van der Waals surface area contributed by atoms with Gasteiger partial charge in [0.1, 0.15) is 5.70 Å². The van der Waals surface area contributed by atoms with E-state index in [1.807, 2.05) is 42.5 Å². The molecular weight excluding hydrogens is 393 g/mol. The summed E-state index contributed by atoms with van der Waals surface area (Å²) < 4.78 is 38.0. The van der Waals surface area contributed by atoms with E-state index in [0.29, 0.717) is 5.56 Å². The van der Waals surface area contributed by atoms with E-state index in [4.69, 9.17) is 0 Å². The van der Waals surface area contributed by atoms with Crippen molar-refractivity contribution in [2.24, 2.45) is 0 Å². The first-order chi connectivity index (χ1) is 14.2. The predicted octanol–water partition coefficient (Wildman–Crippen LogP) is 4.65. The summed E-state index contributed by atoms with van der Waals surface area (Å²) in [7, 11) is 0. The van der Waals surface area contributed by atoms with Gasteiger partial charge >= 0.3 is 6.18 Å². The second-order valence-electron chi connectivity index (χ2n) is 6.68. The van der Waals surface area contributed by atoms with Gasteiger partial charge in [0.25, 0.3) is 5.91 Å². The molecule has 0 heterocycles. The van der Waals surface area contributed by atoms with Gasteiger partial charge in [-0.3, -0.25) is 9.59 Å². The number of carbonyl (C=O) groups excluding carboxylic acids is 2. The van der Waals surface area contributed by atoms with Crippen LogP contribution in [0.1, 0.15) is 23.6 Å². The van der Waals surface area contributed by atoms with Crippen LogP contribution in [0.2, 0.25) is 0 Å². The minimum Gasteiger partial charge on any atom is -0.347 e. The van der Waals surface area contributed by atoms with E-state index < -0.39 is 23.6 Å². The Morgan fingerprint density at radius 2 is 1.60 bits per heavy atom. The second kappa shape index (κ2) is 8.82. The Kier molecular flexibility index (Phi) is 6.20. The Bertz CT molecular complexity index is 1100. The van der Waals surface area contributed by atoms with Gasteiger partial charge in [-0.05, 0) is 40.1 Å². The summed E-state index contributed by atoms with van der Waals surface area (Å²) in [5, 5.41) is 7.05. The Morgan fingerprint density at radius 3 is 2.27 bits per heavy atom. The molecule has 0 radical (unpaired) electrons. The monoisotopic (exact) mass is 412 g/mol. The maximum Gasteiger partial charge on any atom is 0.416 e. The Morgan fingerprint density at radius 1 is 0.933 bits per heavy atom. The van der Waals surface area contributed by atoms with Gasteiger partial charge in [-0.25, -0.2) is 0 Å². The molecular formula is C23H19F3N2O2. The van der Waals surface area contributed by atoms with E-state index in [9.17, 15) is 22.8 Å². The van der Waals surface area contributed by atoms with Crippen LogP contribution in [0.25, 0.3) is 16.8 Å². The summed E-state index contributed by atoms with van der Waals surface area (Å²) in [5.74, 6) is -0.954. The van der Waals surface area contributed by atoms with E-state index in [1.54, 1.807) is 6.08 Å². The zero-order valence-electron chi connectivity index (χ0n) is 16.1. The summed E-state index contributed by atoms with van der Waals surface area (Å²) in [5.41, 5.74) is 0.545. The molecule has 3 aromatic rings. The molecule has 30 heavy (non-hydrogen) atoms. The molecule has 3 aromatic carbocycles. The first kappa shape index (κ1) is 21.1. The van der Waals surface area contributed by atoms with Gasteiger partial charge in [0.2, 0.25) is 5.91 Å². The van der Waals surface area contributed by atoms with Crippen molar-refractivity contribution in [2.75, 3.05) is 0 Å². The summed E-state index contributed by atoms with van der Waals surface area (Å²) in [4.78, 5) is 24.2. The highest BCUT2D eigenvalue weighted by molar-refractivity contribution is 6.03. The van der Waals surface area contributed by atoms with Gasteiger partial charge in [-0.2, -0.15) is 13.2 Å². The van der Waals surface area contributed by atoms with Crippen molar-refractivity contribution in [1.29, 1.82) is 0 Å². The number of carbonyl (C=O) groups is 2. The molecule has 0 aliphatic rings. The lowest BCUT2D eigenvalue weighted by molar-refractivity contribution is -0.137. The van der Waals surface area contributed by atoms with E-state index in [1.165, 1.54) is 19.1 Å². The van der Waals surface area contributed by atoms with Gasteiger partial charge in [-0.15, -0.1) is 0 Å². The summed E-state index contributed by atoms with van der Waals surface area (Å²) in [6, 6.07) is 17.8. The zero-order valence-corrected chi connectivity index (χ0v) is 16.1. The number of fused-ring (bicyclic) bond motifs is 1. The molecule has 0 fully saturated rings. The fourth-order valence-corrected chi connectivity index (χ4v) is 2.97. The van der Waals surface area contributed by atoms with Crippen LogP contribution in [0.15, 0.2) is 72.4 Å². The van der Waals surface area contributed by atoms with Crippen molar-refractivity contribution >= 4 is 28.7 Å². The van der Waals surface area contributed by atoms with Crippen LogP contribution in [0, 0.1) is 0 Å². The second-order valence-corrected chi connectivity index (χ2v) is 6.68. The molecule has 0 aliphatic carbocycles. The van der Waals surface area contributed by atoms with Crippen molar-refractivity contribution in [3.63, 3.8) is 0 Å². The Labute approximate surface area is 171 Å². The van der Waals surface area contributed by atoms with Gasteiger partial charge in [0, 0.05) is 13.5 Å². The molecule has 0 spiro atoms. The highest BCUT2D eigenvalue weighted by Crippen LogP contribution is 2.29. The van der Waals surface area contributed by atoms with E-state index in [2.05, 4.69) is 10.6 Å². The Balaban J connectivity index is 1.80. The van der Waals surface area contributed by atoms with Crippen LogP contribution in [0.5, 0.6) is 0 Å². The smallest absolute Gasteiger partial charge is 0.347 e. The number of alkyl halides is 3. The fraction of sp³-hybridized carbons (Fsp3) is 0.130. The number of rotatable bonds is 5. The minimum absolute atomic E-state index is 0.0173. The summed E-state index contributed by atoms with van der Waals surface area (Å²) >= 11 is 0. The normalized spacial score (nSPS) is 11.9. The highest BCUT2D eigenvalue weighted by atomic mass is 19.4. The lowest BCUT2D eigenvalue weighted by atomic mass is 10.0. The summed E-state index contributed by atoms with van der Waals surface area (Å²) in [6.45, 7) is 1.31. The number of hydrogen-bond acceptors (Lipinski definition) is 2. The standard InChI is InChI=1S/C23H19F3N2O2/c1-15(29)28-21(13-18-7-4-6-17-5-2-3-8-20(17)18)22(30)27-14-16-9-11-19(12-10-16)23(24,25)26/h2-13H,14H2,1H3,(H,27,30)(H,28,29)/b21-13-. The average Bonchev–Trinajstić information content (AvgIpc) is 2.71. The first-order valence-electron chi connectivity index (χ1n) is 9.15. The van der Waals surface area contributed by atoms with Crippen LogP contribution >= 0.6 is 0 Å². The number of nitrogens with one attached hydrogen (secondary N) is 2. The van der Waals surface area contributed by atoms with E-state index in [0.717, 1.165) is 28.5 Å². The van der Waals surface area contributed by atoms with Crippen LogP contribution in [0.4, 0.5) is 13.2 Å². The molecule has 2 N–H and O–H groups in total. The number of amides is 2. The van der Waals surface area contributed by atoms with Gasteiger partial charge < -0.3 is 10.6 Å². The van der Waals surface area contributed by atoms with E-state index >= 15 is 0 Å². The molecule has 4 nitrogen and oxygen atoms in total. The maximum absolute atomic E-state index is 12.7. The van der Waals surface area contributed by atoms with E-state index in [-0.39, 0.29) is 12.2 Å². The third-order valence-electron chi connectivity index (χ3n) is 4.41. The van der Waals surface area contributed by atoms with Gasteiger partial charge in [0.15, 0.2) is 0 Å². The van der Waals surface area contributed by atoms with Crippen molar-refractivity contribution in [3.05, 3.63) is 89.1 Å². The molecule has 154 valence electrons. The van der Waals surface area contributed by atoms with Crippen LogP contribution in [-0.4, -0.2) is 11.8 Å². The SMILES string of the molecule is CC(=O)N/C(=C\c1cccc2ccccc12)C(=O)NCc1ccc(C(F)(F)F)cc1. The molecule has 0 saturated heterocycles. The van der Waals surface area contributed by atoms with Gasteiger partial charge in [-0.1, -0.05) is 54.6 Å². The molecule has 0 aliphatic heterocycles. The highest BCUT2D eigenvalue weighted by Gasteiger charge is 2.29. The number of halogens is 3. The van der Waals surface area contributed by atoms with Gasteiger partial charge in [0.05, 0.1) is 5.56 Å². The minimum atomic E-state index is -4.42. The molecule has 0 unspecified atom stereocenters. The lowest BCUT2D eigenvalue weighted by Gasteiger charge is -2.12. The molecule has 0 saturated carbocycles. The number of hydrogen-bond donors (Lipinski definition) is 2. The lowest BCUT2D eigenvalue weighted by Crippen LogP contribution is -2.33. The van der Waals surface area contributed by atoms with Crippen molar-refractivity contribution in [2.45, 2.75) is 19.6 Å². The summed E-state index contributed by atoms with van der Waals surface area (Å²) in [6.07, 6.45) is -2.84. The predicted molar refractivity (Wildman–Crippen MR) is 109 cm³/mol. The average molecular weight is 412 g/mol. The molecule has 0 aromatic heterocycles.